The molecule has 90 valence electrons. The lowest BCUT2D eigenvalue weighted by Gasteiger charge is -2.20. The van der Waals surface area contributed by atoms with Crippen molar-refractivity contribution in [2.24, 2.45) is 0 Å². The summed E-state index contributed by atoms with van der Waals surface area (Å²) in [7, 11) is 0. The third-order valence-electron chi connectivity index (χ3n) is 2.89. The zero-order valence-electron chi connectivity index (χ0n) is 9.93. The van der Waals surface area contributed by atoms with Crippen LogP contribution >= 0.6 is 0 Å². The van der Waals surface area contributed by atoms with E-state index in [4.69, 9.17) is 0 Å². The van der Waals surface area contributed by atoms with Crippen molar-refractivity contribution >= 4 is 0 Å². The molecule has 0 amide bonds. The number of aliphatic hydroxyl groups excluding tert-OH is 1. The number of benzene rings is 1. The third kappa shape index (κ3) is 3.19. The lowest BCUT2D eigenvalue weighted by molar-refractivity contribution is 0.135. The average Bonchev–Trinajstić information content (AvgIpc) is 2.89. The molecule has 1 aromatic carbocycles. The minimum absolute atomic E-state index is 0.0145. The summed E-state index contributed by atoms with van der Waals surface area (Å²) < 4.78 is 0. The van der Waals surface area contributed by atoms with Gasteiger partial charge in [0.25, 0.3) is 0 Å². The Kier molecular flexibility index (Phi) is 3.96. The van der Waals surface area contributed by atoms with Crippen molar-refractivity contribution in [2.75, 3.05) is 0 Å². The van der Waals surface area contributed by atoms with E-state index in [9.17, 15) is 5.11 Å². The second kappa shape index (κ2) is 5.66. The molecule has 2 aromatic rings. The Labute approximate surface area is 102 Å². The summed E-state index contributed by atoms with van der Waals surface area (Å²) in [5.41, 5.74) is 2.07. The van der Waals surface area contributed by atoms with Gasteiger partial charge in [-0.25, -0.2) is 0 Å². The van der Waals surface area contributed by atoms with E-state index in [1.807, 2.05) is 55.6 Å². The average molecular weight is 230 g/mol. The predicted octanol–water partition coefficient (Wildman–Crippen LogP) is 2.23. The summed E-state index contributed by atoms with van der Waals surface area (Å²) in [6.45, 7) is 2.72. The second-order valence-corrected chi connectivity index (χ2v) is 4.22. The number of H-pyrrole nitrogens is 1. The largest absolute Gasteiger partial charge is 0.387 e. The summed E-state index contributed by atoms with van der Waals surface area (Å²) in [5, 5.41) is 13.4. The van der Waals surface area contributed by atoms with E-state index in [0.29, 0.717) is 0 Å². The van der Waals surface area contributed by atoms with Crippen molar-refractivity contribution in [3.63, 3.8) is 0 Å². The fourth-order valence-corrected chi connectivity index (χ4v) is 1.80. The van der Waals surface area contributed by atoms with Crippen LogP contribution in [0.2, 0.25) is 0 Å². The van der Waals surface area contributed by atoms with E-state index in [1.165, 1.54) is 0 Å². The molecule has 0 fully saturated rings. The van der Waals surface area contributed by atoms with Gasteiger partial charge in [0.1, 0.15) is 0 Å². The van der Waals surface area contributed by atoms with E-state index >= 15 is 0 Å². The molecular formula is C14H18N2O. The van der Waals surface area contributed by atoms with Crippen molar-refractivity contribution in [1.82, 2.24) is 10.3 Å². The number of nitrogens with one attached hydrogen (secondary N) is 2. The minimum atomic E-state index is -0.480. The Balaban J connectivity index is 1.89. The highest BCUT2D eigenvalue weighted by molar-refractivity contribution is 5.18. The molecule has 3 nitrogen and oxygen atoms in total. The minimum Gasteiger partial charge on any atom is -0.387 e. The van der Waals surface area contributed by atoms with Crippen LogP contribution in [0.5, 0.6) is 0 Å². The molecule has 0 saturated heterocycles. The molecule has 3 heteroatoms. The standard InChI is InChI=1S/C14H18N2O/c1-11(16-10-13-8-5-9-15-13)14(17)12-6-3-2-4-7-12/h2-9,11,14-17H,10H2,1H3/t11-,14-/m1/s1. The second-order valence-electron chi connectivity index (χ2n) is 4.22. The zero-order chi connectivity index (χ0) is 12.1. The normalized spacial score (nSPS) is 14.5. The van der Waals surface area contributed by atoms with Gasteiger partial charge in [-0.1, -0.05) is 30.3 Å². The first-order valence-electron chi connectivity index (χ1n) is 5.86. The molecule has 0 aliphatic heterocycles. The van der Waals surface area contributed by atoms with E-state index < -0.39 is 6.10 Å². The molecule has 0 unspecified atom stereocenters. The van der Waals surface area contributed by atoms with Crippen molar-refractivity contribution in [3.05, 3.63) is 59.9 Å². The van der Waals surface area contributed by atoms with Crippen LogP contribution in [0.4, 0.5) is 0 Å². The summed E-state index contributed by atoms with van der Waals surface area (Å²) in [6, 6.07) is 13.7. The molecule has 0 radical (unpaired) electrons. The molecule has 0 saturated carbocycles. The fraction of sp³-hybridized carbons (Fsp3) is 0.286. The maximum Gasteiger partial charge on any atom is 0.0940 e. The van der Waals surface area contributed by atoms with Gasteiger partial charge >= 0.3 is 0 Å². The lowest BCUT2D eigenvalue weighted by Crippen LogP contribution is -2.31. The molecule has 1 heterocycles. The molecular weight excluding hydrogens is 212 g/mol. The summed E-state index contributed by atoms with van der Waals surface area (Å²) in [4.78, 5) is 3.13. The Bertz CT molecular complexity index is 425. The molecule has 0 spiro atoms. The van der Waals surface area contributed by atoms with E-state index in [2.05, 4.69) is 10.3 Å². The number of rotatable bonds is 5. The molecule has 0 bridgehead atoms. The summed E-state index contributed by atoms with van der Waals surface area (Å²) >= 11 is 0. The van der Waals surface area contributed by atoms with Gasteiger partial charge in [0, 0.05) is 24.5 Å². The molecule has 2 atom stereocenters. The SMILES string of the molecule is C[C@@H](NCc1ccc[nH]1)[C@@H](O)c1ccccc1. The number of hydrogen-bond acceptors (Lipinski definition) is 2. The fourth-order valence-electron chi connectivity index (χ4n) is 1.80. The van der Waals surface area contributed by atoms with Gasteiger partial charge in [0.2, 0.25) is 0 Å². The maximum atomic E-state index is 10.1. The van der Waals surface area contributed by atoms with Crippen LogP contribution in [0, 0.1) is 0 Å². The zero-order valence-corrected chi connectivity index (χ0v) is 9.93. The van der Waals surface area contributed by atoms with Gasteiger partial charge in [0.05, 0.1) is 6.10 Å². The quantitative estimate of drug-likeness (QED) is 0.737. The lowest BCUT2D eigenvalue weighted by atomic mass is 10.0. The highest BCUT2D eigenvalue weighted by Crippen LogP contribution is 2.16. The van der Waals surface area contributed by atoms with Gasteiger partial charge in [0.15, 0.2) is 0 Å². The Hall–Kier alpha value is -1.58. The van der Waals surface area contributed by atoms with E-state index in [1.54, 1.807) is 0 Å². The van der Waals surface area contributed by atoms with Crippen LogP contribution in [0.15, 0.2) is 48.7 Å². The third-order valence-corrected chi connectivity index (χ3v) is 2.89. The van der Waals surface area contributed by atoms with Crippen molar-refractivity contribution < 1.29 is 5.11 Å². The van der Waals surface area contributed by atoms with E-state index in [0.717, 1.165) is 17.8 Å². The van der Waals surface area contributed by atoms with Crippen LogP contribution in [-0.2, 0) is 6.54 Å². The maximum absolute atomic E-state index is 10.1. The van der Waals surface area contributed by atoms with Crippen LogP contribution in [-0.4, -0.2) is 16.1 Å². The van der Waals surface area contributed by atoms with Crippen molar-refractivity contribution in [1.29, 1.82) is 0 Å². The van der Waals surface area contributed by atoms with Gasteiger partial charge in [-0.05, 0) is 24.6 Å². The topological polar surface area (TPSA) is 48.0 Å². The number of aromatic amines is 1. The molecule has 17 heavy (non-hydrogen) atoms. The first-order chi connectivity index (χ1) is 8.27. The van der Waals surface area contributed by atoms with Crippen molar-refractivity contribution in [3.8, 4) is 0 Å². The molecule has 3 N–H and O–H groups in total. The van der Waals surface area contributed by atoms with Gasteiger partial charge in [-0.2, -0.15) is 0 Å². The molecule has 0 aliphatic rings. The van der Waals surface area contributed by atoms with E-state index in [-0.39, 0.29) is 6.04 Å². The number of aromatic nitrogens is 1. The van der Waals surface area contributed by atoms with Crippen LogP contribution in [0.25, 0.3) is 0 Å². The molecule has 0 aliphatic carbocycles. The van der Waals surface area contributed by atoms with Gasteiger partial charge < -0.3 is 15.4 Å². The van der Waals surface area contributed by atoms with Crippen LogP contribution in [0.1, 0.15) is 24.3 Å². The molecule has 1 aromatic heterocycles. The highest BCUT2D eigenvalue weighted by Gasteiger charge is 2.15. The first kappa shape index (κ1) is 11.9. The van der Waals surface area contributed by atoms with Crippen molar-refractivity contribution in [2.45, 2.75) is 25.6 Å². The smallest absolute Gasteiger partial charge is 0.0940 e. The Morgan fingerprint density at radius 1 is 1.18 bits per heavy atom. The first-order valence-corrected chi connectivity index (χ1v) is 5.86. The van der Waals surface area contributed by atoms with Gasteiger partial charge in [-0.15, -0.1) is 0 Å². The number of aliphatic hydroxyl groups is 1. The van der Waals surface area contributed by atoms with Crippen LogP contribution < -0.4 is 5.32 Å². The highest BCUT2D eigenvalue weighted by atomic mass is 16.3. The monoisotopic (exact) mass is 230 g/mol. The predicted molar refractivity (Wildman–Crippen MR) is 68.5 cm³/mol. The Morgan fingerprint density at radius 2 is 1.94 bits per heavy atom. The molecule has 2 rings (SSSR count). The summed E-state index contributed by atoms with van der Waals surface area (Å²) in [6.07, 6.45) is 1.42. The van der Waals surface area contributed by atoms with Crippen LogP contribution in [0.3, 0.4) is 0 Å². The van der Waals surface area contributed by atoms with Gasteiger partial charge in [-0.3, -0.25) is 0 Å². The number of hydrogen-bond donors (Lipinski definition) is 3. The Morgan fingerprint density at radius 3 is 2.59 bits per heavy atom. The summed E-state index contributed by atoms with van der Waals surface area (Å²) in [5.74, 6) is 0.